The van der Waals surface area contributed by atoms with Crippen LogP contribution in [0, 0.1) is 12.3 Å². The summed E-state index contributed by atoms with van der Waals surface area (Å²) in [7, 11) is 0. The third-order valence-corrected chi connectivity index (χ3v) is 8.41. The molecule has 2 fully saturated rings. The third-order valence-electron chi connectivity index (χ3n) is 8.41. The average molecular weight is 551 g/mol. The fourth-order valence-electron chi connectivity index (χ4n) is 6.17. The summed E-state index contributed by atoms with van der Waals surface area (Å²) in [5, 5.41) is 11.9. The lowest BCUT2D eigenvalue weighted by Gasteiger charge is -2.23. The highest BCUT2D eigenvalue weighted by atomic mass is 16.5. The molecule has 1 saturated carbocycles. The van der Waals surface area contributed by atoms with Crippen molar-refractivity contribution < 1.29 is 9.53 Å². The number of nitrogens with zero attached hydrogens (tertiary/aromatic N) is 3. The van der Waals surface area contributed by atoms with Gasteiger partial charge in [0, 0.05) is 47.9 Å². The van der Waals surface area contributed by atoms with Gasteiger partial charge >= 0.3 is 0 Å². The first kappa shape index (κ1) is 27.1. The Kier molecular flexibility index (Phi) is 7.83. The molecule has 0 spiro atoms. The zero-order chi connectivity index (χ0) is 28.2. The van der Waals surface area contributed by atoms with Gasteiger partial charge in [-0.25, -0.2) is 15.0 Å². The van der Waals surface area contributed by atoms with E-state index >= 15 is 0 Å². The predicted octanol–water partition coefficient (Wildman–Crippen LogP) is 6.87. The van der Waals surface area contributed by atoms with Crippen LogP contribution in [0.15, 0.2) is 60.9 Å². The Morgan fingerprint density at radius 1 is 1.02 bits per heavy atom. The van der Waals surface area contributed by atoms with Crippen molar-refractivity contribution in [1.82, 2.24) is 20.3 Å². The Morgan fingerprint density at radius 3 is 2.73 bits per heavy atom. The number of benzene rings is 2. The lowest BCUT2D eigenvalue weighted by Crippen LogP contribution is -2.38. The van der Waals surface area contributed by atoms with Gasteiger partial charge < -0.3 is 20.7 Å². The molecule has 1 unspecified atom stereocenters. The van der Waals surface area contributed by atoms with Crippen LogP contribution in [-0.2, 0) is 4.79 Å². The molecular formula is C33H38N6O2. The number of fused-ring (bicyclic) bond motifs is 1. The molecule has 1 saturated heterocycles. The van der Waals surface area contributed by atoms with Gasteiger partial charge in [-0.2, -0.15) is 0 Å². The fourth-order valence-corrected chi connectivity index (χ4v) is 6.17. The zero-order valence-corrected chi connectivity index (χ0v) is 23.9. The molecule has 8 heteroatoms. The highest BCUT2D eigenvalue weighted by Gasteiger charge is 2.31. The van der Waals surface area contributed by atoms with Crippen molar-refractivity contribution in [2.24, 2.45) is 5.41 Å². The summed E-state index contributed by atoms with van der Waals surface area (Å²) in [6.45, 7) is 6.20. The molecule has 3 heterocycles. The molecule has 4 aromatic rings. The number of aromatic nitrogens is 3. The van der Waals surface area contributed by atoms with Crippen molar-refractivity contribution in [1.29, 1.82) is 0 Å². The van der Waals surface area contributed by atoms with E-state index in [0.29, 0.717) is 30.0 Å². The SMILES string of the molecule is Cc1ccc2c(NC(=O)CC3(C)CCCC3)cccc2c1Oc1ncccc1-c1ccnc(NC2CCCNC2)n1. The van der Waals surface area contributed by atoms with Crippen LogP contribution >= 0.6 is 0 Å². The second kappa shape index (κ2) is 11.8. The van der Waals surface area contributed by atoms with Crippen molar-refractivity contribution in [3.8, 4) is 22.9 Å². The number of rotatable bonds is 8. The van der Waals surface area contributed by atoms with Crippen LogP contribution in [0.25, 0.3) is 22.0 Å². The number of aryl methyl sites for hydroxylation is 1. The molecule has 1 aliphatic heterocycles. The smallest absolute Gasteiger partial charge is 0.228 e. The van der Waals surface area contributed by atoms with E-state index in [-0.39, 0.29) is 11.3 Å². The van der Waals surface area contributed by atoms with Crippen molar-refractivity contribution in [2.45, 2.75) is 64.8 Å². The number of pyridine rings is 1. The minimum atomic E-state index is 0.0640. The first-order chi connectivity index (χ1) is 20.0. The summed E-state index contributed by atoms with van der Waals surface area (Å²) in [6.07, 6.45) is 10.9. The number of amides is 1. The standard InChI is InChI=1S/C33H38N6O2/c1-22-12-13-24-25(9-5-11-27(24)38-29(40)20-33(2)15-3-4-16-33)30(22)41-31-26(10-7-18-35-31)28-14-19-36-32(39-28)37-23-8-6-17-34-21-23/h5,7,9-14,18-19,23,34H,3-4,6,8,15-17,20-21H2,1-2H3,(H,38,40)(H,36,37,39). The molecule has 2 aromatic heterocycles. The molecule has 1 atom stereocenters. The van der Waals surface area contributed by atoms with Gasteiger partial charge in [0.25, 0.3) is 0 Å². The van der Waals surface area contributed by atoms with Crippen LogP contribution < -0.4 is 20.7 Å². The molecule has 8 nitrogen and oxygen atoms in total. The fraction of sp³-hybridized carbons (Fsp3) is 0.394. The van der Waals surface area contributed by atoms with Crippen molar-refractivity contribution in [3.05, 3.63) is 66.5 Å². The number of carbonyl (C=O) groups excluding carboxylic acids is 1. The maximum absolute atomic E-state index is 13.0. The van der Waals surface area contributed by atoms with Crippen molar-refractivity contribution >= 4 is 28.3 Å². The molecule has 41 heavy (non-hydrogen) atoms. The van der Waals surface area contributed by atoms with E-state index in [9.17, 15) is 4.79 Å². The van der Waals surface area contributed by atoms with Crippen LogP contribution in [0.4, 0.5) is 11.6 Å². The number of hydrogen-bond donors (Lipinski definition) is 3. The molecule has 3 N–H and O–H groups in total. The Morgan fingerprint density at radius 2 is 1.90 bits per heavy atom. The maximum atomic E-state index is 13.0. The van der Waals surface area contributed by atoms with Crippen LogP contribution in [0.5, 0.6) is 11.6 Å². The number of nitrogens with one attached hydrogen (secondary N) is 3. The third kappa shape index (κ3) is 6.17. The van der Waals surface area contributed by atoms with Crippen LogP contribution in [0.3, 0.4) is 0 Å². The van der Waals surface area contributed by atoms with Gasteiger partial charge in [0.1, 0.15) is 5.75 Å². The van der Waals surface area contributed by atoms with E-state index in [1.54, 1.807) is 12.4 Å². The summed E-state index contributed by atoms with van der Waals surface area (Å²) in [6, 6.07) is 16.1. The maximum Gasteiger partial charge on any atom is 0.228 e. The Labute approximate surface area is 241 Å². The molecule has 2 aromatic carbocycles. The van der Waals surface area contributed by atoms with Crippen LogP contribution in [-0.4, -0.2) is 40.0 Å². The summed E-state index contributed by atoms with van der Waals surface area (Å²) in [5.41, 5.74) is 3.39. The molecule has 212 valence electrons. The number of anilines is 2. The predicted molar refractivity (Wildman–Crippen MR) is 163 cm³/mol. The topological polar surface area (TPSA) is 101 Å². The number of ether oxygens (including phenoxy) is 1. The Hall–Kier alpha value is -4.04. The van der Waals surface area contributed by atoms with Gasteiger partial charge in [-0.3, -0.25) is 4.79 Å². The summed E-state index contributed by atoms with van der Waals surface area (Å²) in [5.74, 6) is 1.84. The minimum Gasteiger partial charge on any atom is -0.437 e. The van der Waals surface area contributed by atoms with Gasteiger partial charge in [0.05, 0.1) is 11.3 Å². The first-order valence-electron chi connectivity index (χ1n) is 14.7. The average Bonchev–Trinajstić information content (AvgIpc) is 3.41. The van der Waals surface area contributed by atoms with E-state index in [2.05, 4.69) is 32.8 Å². The van der Waals surface area contributed by atoms with Gasteiger partial charge in [-0.15, -0.1) is 0 Å². The summed E-state index contributed by atoms with van der Waals surface area (Å²) < 4.78 is 6.57. The van der Waals surface area contributed by atoms with Crippen molar-refractivity contribution in [3.63, 3.8) is 0 Å². The van der Waals surface area contributed by atoms with Crippen molar-refractivity contribution in [2.75, 3.05) is 23.7 Å². The second-order valence-electron chi connectivity index (χ2n) is 11.8. The van der Waals surface area contributed by atoms with Crippen LogP contribution in [0.1, 0.15) is 57.4 Å². The number of hydrogen-bond acceptors (Lipinski definition) is 7. The second-order valence-corrected chi connectivity index (χ2v) is 11.8. The highest BCUT2D eigenvalue weighted by Crippen LogP contribution is 2.42. The van der Waals surface area contributed by atoms with Gasteiger partial charge in [-0.05, 0) is 74.4 Å². The lowest BCUT2D eigenvalue weighted by molar-refractivity contribution is -0.118. The number of piperidine rings is 1. The molecule has 0 radical (unpaired) electrons. The quantitative estimate of drug-likeness (QED) is 0.220. The van der Waals surface area contributed by atoms with Crippen LogP contribution in [0.2, 0.25) is 0 Å². The Balaban J connectivity index is 1.28. The molecule has 1 aliphatic carbocycles. The number of carbonyl (C=O) groups is 1. The van der Waals surface area contributed by atoms with Gasteiger partial charge in [0.15, 0.2) is 0 Å². The van der Waals surface area contributed by atoms with E-state index in [0.717, 1.165) is 72.1 Å². The minimum absolute atomic E-state index is 0.0640. The van der Waals surface area contributed by atoms with E-state index in [1.165, 1.54) is 12.8 Å². The summed E-state index contributed by atoms with van der Waals surface area (Å²) in [4.78, 5) is 26.9. The molecular weight excluding hydrogens is 512 g/mol. The normalized spacial score (nSPS) is 18.2. The lowest BCUT2D eigenvalue weighted by atomic mass is 9.85. The Bertz CT molecular complexity index is 1540. The summed E-state index contributed by atoms with van der Waals surface area (Å²) >= 11 is 0. The van der Waals surface area contributed by atoms with Gasteiger partial charge in [0.2, 0.25) is 17.7 Å². The first-order valence-corrected chi connectivity index (χ1v) is 14.7. The highest BCUT2D eigenvalue weighted by molar-refractivity contribution is 6.04. The molecule has 0 bridgehead atoms. The van der Waals surface area contributed by atoms with E-state index < -0.39 is 0 Å². The zero-order valence-electron chi connectivity index (χ0n) is 23.9. The largest absolute Gasteiger partial charge is 0.437 e. The molecule has 1 amide bonds. The molecule has 2 aliphatic rings. The van der Waals surface area contributed by atoms with E-state index in [4.69, 9.17) is 9.72 Å². The van der Waals surface area contributed by atoms with Gasteiger partial charge in [-0.1, -0.05) is 44.0 Å². The molecule has 6 rings (SSSR count). The monoisotopic (exact) mass is 550 g/mol. The van der Waals surface area contributed by atoms with E-state index in [1.807, 2.05) is 55.5 Å².